The van der Waals surface area contributed by atoms with Crippen molar-refractivity contribution in [3.05, 3.63) is 21.4 Å². The van der Waals surface area contributed by atoms with Crippen molar-refractivity contribution in [2.75, 3.05) is 0 Å². The summed E-state index contributed by atoms with van der Waals surface area (Å²) in [7, 11) is 0. The lowest BCUT2D eigenvalue weighted by atomic mass is 10.2. The molecule has 60 valence electrons. The fourth-order valence-electron chi connectivity index (χ4n) is 1.51. The molecule has 0 amide bonds. The van der Waals surface area contributed by atoms with Crippen LogP contribution in [-0.2, 0) is 12.8 Å². The molecule has 1 aromatic heterocycles. The van der Waals surface area contributed by atoms with Crippen molar-refractivity contribution in [1.29, 1.82) is 0 Å². The molecule has 0 fully saturated rings. The van der Waals surface area contributed by atoms with Crippen LogP contribution in [-0.4, -0.2) is 5.92 Å². The van der Waals surface area contributed by atoms with Crippen LogP contribution in [0.1, 0.15) is 16.0 Å². The van der Waals surface area contributed by atoms with E-state index >= 15 is 0 Å². The van der Waals surface area contributed by atoms with Crippen molar-refractivity contribution in [1.82, 2.24) is 0 Å². The predicted octanol–water partition coefficient (Wildman–Crippen LogP) is 2.79. The maximum absolute atomic E-state index is 12.8. The number of thiophene rings is 1. The molecule has 0 N–H and O–H groups in total. The van der Waals surface area contributed by atoms with Gasteiger partial charge in [0.25, 0.3) is 5.92 Å². The van der Waals surface area contributed by atoms with Gasteiger partial charge in [-0.25, -0.2) is 8.78 Å². The minimum atomic E-state index is -2.47. The standard InChI is InChI=1S/C8H8F2S/c1-5-7-3-8(9,10)2-6(7)4-11-5/h4H,2-3H2,1H3. The summed E-state index contributed by atoms with van der Waals surface area (Å²) < 4.78 is 25.5. The van der Waals surface area contributed by atoms with Gasteiger partial charge in [-0.15, -0.1) is 11.3 Å². The van der Waals surface area contributed by atoms with E-state index in [0.717, 1.165) is 16.0 Å². The molecule has 1 heterocycles. The highest BCUT2D eigenvalue weighted by Gasteiger charge is 2.38. The van der Waals surface area contributed by atoms with Gasteiger partial charge in [-0.3, -0.25) is 0 Å². The van der Waals surface area contributed by atoms with Gasteiger partial charge in [-0.05, 0) is 23.4 Å². The van der Waals surface area contributed by atoms with Crippen LogP contribution in [0.2, 0.25) is 0 Å². The number of hydrogen-bond donors (Lipinski definition) is 0. The molecule has 1 aliphatic carbocycles. The van der Waals surface area contributed by atoms with Crippen LogP contribution in [0.3, 0.4) is 0 Å². The summed E-state index contributed by atoms with van der Waals surface area (Å²) in [4.78, 5) is 1.05. The molecule has 0 nitrogen and oxygen atoms in total. The highest BCUT2D eigenvalue weighted by molar-refractivity contribution is 7.10. The monoisotopic (exact) mass is 174 g/mol. The lowest BCUT2D eigenvalue weighted by Gasteiger charge is -2.05. The van der Waals surface area contributed by atoms with Crippen molar-refractivity contribution in [2.24, 2.45) is 0 Å². The van der Waals surface area contributed by atoms with Crippen molar-refractivity contribution >= 4 is 11.3 Å². The fraction of sp³-hybridized carbons (Fsp3) is 0.500. The van der Waals surface area contributed by atoms with Gasteiger partial charge in [0.1, 0.15) is 0 Å². The Balaban J connectivity index is 2.42. The van der Waals surface area contributed by atoms with Crippen LogP contribution >= 0.6 is 11.3 Å². The van der Waals surface area contributed by atoms with Crippen LogP contribution in [0.15, 0.2) is 5.38 Å². The Morgan fingerprint density at radius 3 is 2.82 bits per heavy atom. The third-order valence-corrected chi connectivity index (χ3v) is 3.08. The van der Waals surface area contributed by atoms with Crippen LogP contribution in [0, 0.1) is 6.92 Å². The van der Waals surface area contributed by atoms with Crippen LogP contribution in [0.5, 0.6) is 0 Å². The minimum Gasteiger partial charge on any atom is -0.206 e. The molecule has 0 bridgehead atoms. The second kappa shape index (κ2) is 2.03. The summed E-state index contributed by atoms with van der Waals surface area (Å²) in [6, 6.07) is 0. The third kappa shape index (κ3) is 1.07. The summed E-state index contributed by atoms with van der Waals surface area (Å²) in [5.74, 6) is -2.47. The lowest BCUT2D eigenvalue weighted by Crippen LogP contribution is -2.15. The summed E-state index contributed by atoms with van der Waals surface area (Å²) >= 11 is 1.57. The summed E-state index contributed by atoms with van der Waals surface area (Å²) in [5, 5.41) is 1.85. The van der Waals surface area contributed by atoms with Gasteiger partial charge < -0.3 is 0 Å². The van der Waals surface area contributed by atoms with Crippen molar-refractivity contribution in [3.8, 4) is 0 Å². The van der Waals surface area contributed by atoms with Crippen LogP contribution in [0.4, 0.5) is 8.78 Å². The number of aryl methyl sites for hydroxylation is 1. The maximum Gasteiger partial charge on any atom is 0.256 e. The third-order valence-electron chi connectivity index (χ3n) is 2.08. The molecule has 0 saturated heterocycles. The van der Waals surface area contributed by atoms with Crippen LogP contribution < -0.4 is 0 Å². The number of halogens is 2. The molecule has 0 radical (unpaired) electrons. The van der Waals surface area contributed by atoms with Gasteiger partial charge in [0, 0.05) is 17.7 Å². The normalized spacial score (nSPS) is 20.3. The first-order chi connectivity index (χ1) is 5.08. The second-order valence-corrected chi connectivity index (χ2v) is 4.09. The van der Waals surface area contributed by atoms with Crippen molar-refractivity contribution in [2.45, 2.75) is 25.7 Å². The first kappa shape index (κ1) is 7.22. The molecule has 11 heavy (non-hydrogen) atoms. The molecule has 0 atom stereocenters. The maximum atomic E-state index is 12.8. The Kier molecular flexibility index (Phi) is 1.34. The zero-order valence-electron chi connectivity index (χ0n) is 6.16. The van der Waals surface area contributed by atoms with Crippen molar-refractivity contribution < 1.29 is 8.78 Å². The average Bonchev–Trinajstić information content (AvgIpc) is 2.31. The molecule has 0 spiro atoms. The van der Waals surface area contributed by atoms with Gasteiger partial charge in [0.2, 0.25) is 0 Å². The summed E-state index contributed by atoms with van der Waals surface area (Å²) in [6.45, 7) is 1.91. The van der Waals surface area contributed by atoms with Gasteiger partial charge >= 0.3 is 0 Å². The quantitative estimate of drug-likeness (QED) is 0.567. The molecule has 0 aliphatic heterocycles. The Morgan fingerprint density at radius 1 is 1.45 bits per heavy atom. The largest absolute Gasteiger partial charge is 0.256 e. The minimum absolute atomic E-state index is 0.0440. The predicted molar refractivity (Wildman–Crippen MR) is 41.4 cm³/mol. The van der Waals surface area contributed by atoms with E-state index < -0.39 is 5.92 Å². The molecule has 0 aromatic carbocycles. The van der Waals surface area contributed by atoms with E-state index in [1.54, 1.807) is 11.3 Å². The zero-order valence-corrected chi connectivity index (χ0v) is 6.97. The fourth-order valence-corrected chi connectivity index (χ4v) is 2.40. The molecule has 2 rings (SSSR count). The average molecular weight is 174 g/mol. The van der Waals surface area contributed by atoms with Gasteiger partial charge in [0.05, 0.1) is 0 Å². The van der Waals surface area contributed by atoms with E-state index in [9.17, 15) is 8.78 Å². The zero-order chi connectivity index (χ0) is 8.06. The van der Waals surface area contributed by atoms with E-state index in [4.69, 9.17) is 0 Å². The number of hydrogen-bond acceptors (Lipinski definition) is 1. The molecule has 1 aromatic rings. The lowest BCUT2D eigenvalue weighted by molar-refractivity contribution is 0.0129. The highest BCUT2D eigenvalue weighted by atomic mass is 32.1. The first-order valence-corrected chi connectivity index (χ1v) is 4.40. The number of alkyl halides is 2. The highest BCUT2D eigenvalue weighted by Crippen LogP contribution is 2.38. The Hall–Kier alpha value is -0.440. The summed E-state index contributed by atoms with van der Waals surface area (Å²) in [5.41, 5.74) is 1.75. The molecule has 0 unspecified atom stereocenters. The molecule has 3 heteroatoms. The molecular formula is C8H8F2S. The van der Waals surface area contributed by atoms with E-state index in [-0.39, 0.29) is 12.8 Å². The Morgan fingerprint density at radius 2 is 2.18 bits per heavy atom. The molecular weight excluding hydrogens is 166 g/mol. The Bertz CT molecular complexity index is 288. The van der Waals surface area contributed by atoms with Gasteiger partial charge in [0.15, 0.2) is 0 Å². The van der Waals surface area contributed by atoms with E-state index in [1.807, 2.05) is 12.3 Å². The van der Waals surface area contributed by atoms with Gasteiger partial charge in [-0.1, -0.05) is 0 Å². The van der Waals surface area contributed by atoms with Crippen LogP contribution in [0.25, 0.3) is 0 Å². The number of rotatable bonds is 0. The first-order valence-electron chi connectivity index (χ1n) is 3.52. The second-order valence-electron chi connectivity index (χ2n) is 3.01. The van der Waals surface area contributed by atoms with Gasteiger partial charge in [-0.2, -0.15) is 0 Å². The van der Waals surface area contributed by atoms with E-state index in [0.29, 0.717) is 0 Å². The summed E-state index contributed by atoms with van der Waals surface area (Å²) in [6.07, 6.45) is -0.0929. The van der Waals surface area contributed by atoms with Crippen molar-refractivity contribution in [3.63, 3.8) is 0 Å². The van der Waals surface area contributed by atoms with E-state index in [2.05, 4.69) is 0 Å². The Labute approximate surface area is 67.9 Å². The molecule has 1 aliphatic rings. The SMILES string of the molecule is Cc1scc2c1CC(F)(F)C2. The topological polar surface area (TPSA) is 0 Å². The number of fused-ring (bicyclic) bond motifs is 1. The van der Waals surface area contributed by atoms with E-state index in [1.165, 1.54) is 0 Å². The smallest absolute Gasteiger partial charge is 0.206 e. The molecule has 0 saturated carbocycles.